The maximum Gasteiger partial charge on any atom is 0.292 e. The van der Waals surface area contributed by atoms with E-state index in [0.29, 0.717) is 0 Å². The van der Waals surface area contributed by atoms with Crippen LogP contribution >= 0.6 is 11.6 Å². The lowest BCUT2D eigenvalue weighted by atomic mass is 10.1. The summed E-state index contributed by atoms with van der Waals surface area (Å²) >= 11 is 6.14. The molecule has 8 aromatic rings. The molecule has 0 N–H and O–H groups in total. The van der Waals surface area contributed by atoms with E-state index in [0.717, 1.165) is 211 Å². The smallest absolute Gasteiger partial charge is 0.292 e. The van der Waals surface area contributed by atoms with Gasteiger partial charge in [0.15, 0.2) is 0 Å². The number of anilines is 8. The van der Waals surface area contributed by atoms with Crippen molar-refractivity contribution < 1.29 is 19.1 Å². The normalized spacial score (nSPS) is 18.0. The summed E-state index contributed by atoms with van der Waals surface area (Å²) in [6.45, 7) is 46.5. The number of aryl methyl sites for hydroxylation is 2. The molecule has 0 bridgehead atoms. The van der Waals surface area contributed by atoms with E-state index >= 15 is 0 Å². The minimum absolute atomic E-state index is 0.201. The molecule has 16 rings (SSSR count). The minimum Gasteiger partial charge on any atom is -0.495 e. The van der Waals surface area contributed by atoms with Crippen LogP contribution in [0, 0.1) is 17.0 Å². The van der Waals surface area contributed by atoms with Crippen molar-refractivity contribution in [2.75, 3.05) is 319 Å². The number of hydrogen-bond donors (Lipinski definition) is 0. The van der Waals surface area contributed by atoms with Gasteiger partial charge in [0.25, 0.3) is 5.69 Å². The highest BCUT2D eigenvalue weighted by atomic mass is 35.5. The van der Waals surface area contributed by atoms with Crippen molar-refractivity contribution in [1.29, 1.82) is 0 Å². The average molecular weight is 1660 g/mol. The highest BCUT2D eigenvalue weighted by Gasteiger charge is 2.25. The number of methoxy groups -OCH3 is 1. The van der Waals surface area contributed by atoms with Crippen LogP contribution < -0.4 is 53.4 Å². The summed E-state index contributed by atoms with van der Waals surface area (Å²) < 4.78 is 16.9. The van der Waals surface area contributed by atoms with Crippen molar-refractivity contribution in [3.8, 4) is 17.2 Å². The van der Waals surface area contributed by atoms with Crippen molar-refractivity contribution >= 4 is 62.8 Å². The first-order chi connectivity index (χ1) is 58.2. The average Bonchev–Trinajstić information content (AvgIpc) is 0.838. The third kappa shape index (κ3) is 30.8. The summed E-state index contributed by atoms with van der Waals surface area (Å²) in [6.07, 6.45) is 1.35. The summed E-state index contributed by atoms with van der Waals surface area (Å²) in [7, 11) is 19.0. The van der Waals surface area contributed by atoms with Gasteiger partial charge in [-0.3, -0.25) is 10.1 Å². The standard InChI is InChI=1S/C14H22N2O.C13H20N2O.C13H20N2.C12H18N2O.C12H18N2.C11H15ClN2.C11H15N3O2.C11H16N2/c1-12(2)17-14-7-5-4-6-13(14)16-10-8-15(3)9-11-16;1-3-16-13-7-5-4-6-12(13)15-10-8-14(2)9-11-15;1-3-12-6-4-5-7-13(12)15-10-8-14(2)9-11-15;1-13-7-9-14(10-8-13)11-5-3-4-6-12(11)15-2;1-11-5-3-4-6-12(11)14-9-7-13(2)8-10-14;1-13-6-8-14(9-7-13)11-5-3-2-4-10(11)12;1-12-6-8-13(9-7-12)10-4-2-3-5-11(10)14(15)16;1-12-7-9-13(10-8-12)11-5-3-2-4-6-11/h4-7,12H,8-11H2,1-3H3;4-7H,3,8-11H2,1-2H3;4-7H,3,8-11H2,1-2H3;3-6H,7-10H2,1-2H3;3-6H,7-10H2,1-2H3;2-5H,6-9H2,1H3;2-5H,6-9H2,1H3;2-6H,7-10H2,1H3. The lowest BCUT2D eigenvalue weighted by molar-refractivity contribution is -0.384. The Morgan fingerprint density at radius 1 is 0.325 bits per heavy atom. The topological polar surface area (TPSA) is 123 Å². The summed E-state index contributed by atoms with van der Waals surface area (Å²) in [5.74, 6) is 2.99. The molecule has 0 amide bonds. The van der Waals surface area contributed by atoms with Crippen LogP contribution in [0.2, 0.25) is 5.02 Å². The third-order valence-electron chi connectivity index (χ3n) is 23.4. The Hall–Kier alpha value is -9.07. The molecule has 0 radical (unpaired) electrons. The fourth-order valence-corrected chi connectivity index (χ4v) is 15.9. The molecule has 23 heteroatoms. The second kappa shape index (κ2) is 51.0. The zero-order valence-electron chi connectivity index (χ0n) is 75.2. The molecule has 0 atom stereocenters. The van der Waals surface area contributed by atoms with Crippen LogP contribution in [0.4, 0.5) is 51.2 Å². The van der Waals surface area contributed by atoms with E-state index in [2.05, 4.69) is 296 Å². The van der Waals surface area contributed by atoms with Crippen molar-refractivity contribution in [1.82, 2.24) is 39.2 Å². The molecule has 654 valence electrons. The Bertz CT molecular complexity index is 4030. The van der Waals surface area contributed by atoms with E-state index in [9.17, 15) is 10.1 Å². The molecule has 22 nitrogen and oxygen atoms in total. The van der Waals surface area contributed by atoms with E-state index in [1.54, 1.807) is 19.2 Å². The molecule has 0 spiro atoms. The summed E-state index contributed by atoms with van der Waals surface area (Å²) in [5.41, 5.74) is 12.8. The third-order valence-corrected chi connectivity index (χ3v) is 23.7. The molecule has 8 fully saturated rings. The van der Waals surface area contributed by atoms with Gasteiger partial charge in [-0.1, -0.05) is 134 Å². The molecular formula is C97H144ClN17O5. The number of nitrogens with zero attached hydrogens (tertiary/aromatic N) is 17. The number of rotatable bonds is 15. The van der Waals surface area contributed by atoms with Gasteiger partial charge in [0.05, 0.1) is 52.5 Å². The number of halogens is 1. The van der Waals surface area contributed by atoms with Crippen LogP contribution in [0.5, 0.6) is 17.2 Å². The fraction of sp³-hybridized carbons (Fsp3) is 0.505. The number of ether oxygens (including phenoxy) is 3. The summed E-state index contributed by atoms with van der Waals surface area (Å²) in [6, 6.07) is 68.0. The van der Waals surface area contributed by atoms with Gasteiger partial charge in [-0.15, -0.1) is 0 Å². The minimum atomic E-state index is -0.312. The Balaban J connectivity index is 0.000000156. The highest BCUT2D eigenvalue weighted by molar-refractivity contribution is 6.33. The maximum atomic E-state index is 10.9. The molecule has 0 saturated carbocycles. The Labute approximate surface area is 726 Å². The monoisotopic (exact) mass is 1660 g/mol. The van der Waals surface area contributed by atoms with Crippen LogP contribution in [-0.2, 0) is 6.42 Å². The maximum absolute atomic E-state index is 10.9. The van der Waals surface area contributed by atoms with Crippen molar-refractivity contribution in [3.05, 3.63) is 226 Å². The van der Waals surface area contributed by atoms with Gasteiger partial charge in [-0.25, -0.2) is 0 Å². The number of likely N-dealkylation sites (N-methyl/N-ethyl adjacent to an activating group) is 8. The molecule has 0 unspecified atom stereocenters. The van der Waals surface area contributed by atoms with Crippen LogP contribution in [-0.4, -0.2) is 330 Å². The first-order valence-electron chi connectivity index (χ1n) is 43.9. The Morgan fingerprint density at radius 2 is 0.608 bits per heavy atom. The molecule has 8 heterocycles. The van der Waals surface area contributed by atoms with Gasteiger partial charge in [0.1, 0.15) is 22.9 Å². The fourth-order valence-electron chi connectivity index (χ4n) is 15.6. The van der Waals surface area contributed by atoms with E-state index in [1.807, 2.05) is 61.5 Å². The van der Waals surface area contributed by atoms with Crippen LogP contribution in [0.3, 0.4) is 0 Å². The number of nitro groups is 1. The van der Waals surface area contributed by atoms with Gasteiger partial charge in [0.2, 0.25) is 0 Å². The molecule has 120 heavy (non-hydrogen) atoms. The van der Waals surface area contributed by atoms with Gasteiger partial charge >= 0.3 is 0 Å². The van der Waals surface area contributed by atoms with Crippen LogP contribution in [0.15, 0.2) is 200 Å². The van der Waals surface area contributed by atoms with E-state index in [-0.39, 0.29) is 16.7 Å². The SMILES string of the molecule is CC(C)Oc1ccccc1N1CCN(C)CC1.CCOc1ccccc1N1CCN(C)CC1.CCc1ccccc1N1CCN(C)CC1.CN1CCN(c2ccccc2)CC1.CN1CCN(c2ccccc2Cl)CC1.CN1CCN(c2ccccc2[N+](=O)[O-])CC1.COc1ccccc1N1CCN(C)CC1.Cc1ccccc1N1CCN(C)CC1. The van der Waals surface area contributed by atoms with E-state index < -0.39 is 0 Å². The predicted molar refractivity (Wildman–Crippen MR) is 508 cm³/mol. The lowest BCUT2D eigenvalue weighted by Gasteiger charge is -2.35. The Morgan fingerprint density at radius 3 is 0.992 bits per heavy atom. The van der Waals surface area contributed by atoms with Gasteiger partial charge < -0.3 is 92.6 Å². The quantitative estimate of drug-likeness (QED) is 0.0714. The number of hydrogen-bond acceptors (Lipinski definition) is 21. The summed E-state index contributed by atoms with van der Waals surface area (Å²) in [4.78, 5) is 48.5. The second-order valence-corrected chi connectivity index (χ2v) is 33.2. The highest BCUT2D eigenvalue weighted by Crippen LogP contribution is 2.34. The van der Waals surface area contributed by atoms with E-state index in [4.69, 9.17) is 25.8 Å². The number of piperazine rings is 8. The second-order valence-electron chi connectivity index (χ2n) is 32.8. The predicted octanol–water partition coefficient (Wildman–Crippen LogP) is 14.1. The molecule has 8 aromatic carbocycles. The van der Waals surface area contributed by atoms with Crippen molar-refractivity contribution in [2.45, 2.75) is 47.1 Å². The number of benzene rings is 8. The zero-order valence-corrected chi connectivity index (χ0v) is 75.9. The lowest BCUT2D eigenvalue weighted by Crippen LogP contribution is -2.44. The molecule has 8 aliphatic rings. The Kier molecular flexibility index (Phi) is 40.3. The van der Waals surface area contributed by atoms with Crippen molar-refractivity contribution in [2.24, 2.45) is 0 Å². The molecule has 0 aliphatic carbocycles. The molecule has 0 aromatic heterocycles. The zero-order chi connectivity index (χ0) is 85.6. The molecule has 8 saturated heterocycles. The first-order valence-corrected chi connectivity index (χ1v) is 44.3. The molecular weight excluding hydrogens is 1520 g/mol. The number of para-hydroxylation sites is 12. The van der Waals surface area contributed by atoms with Gasteiger partial charge in [-0.2, -0.15) is 0 Å². The van der Waals surface area contributed by atoms with Gasteiger partial charge in [0, 0.05) is 233 Å². The van der Waals surface area contributed by atoms with Crippen LogP contribution in [0.1, 0.15) is 38.8 Å². The van der Waals surface area contributed by atoms with E-state index in [1.165, 1.54) is 90.2 Å². The van der Waals surface area contributed by atoms with Crippen LogP contribution in [0.25, 0.3) is 0 Å². The largest absolute Gasteiger partial charge is 0.495 e. The first kappa shape index (κ1) is 94.8. The molecule has 8 aliphatic heterocycles. The number of nitro benzene ring substituents is 1. The van der Waals surface area contributed by atoms with Crippen molar-refractivity contribution in [3.63, 3.8) is 0 Å². The summed E-state index contributed by atoms with van der Waals surface area (Å²) in [5, 5.41) is 11.8. The van der Waals surface area contributed by atoms with Gasteiger partial charge in [-0.05, 0) is 180 Å².